The number of pyridine rings is 1. The van der Waals surface area contributed by atoms with Crippen molar-refractivity contribution in [3.05, 3.63) is 65.7 Å². The molecule has 0 spiro atoms. The fourth-order valence-corrected chi connectivity index (χ4v) is 3.47. The highest BCUT2D eigenvalue weighted by atomic mass is 16.5. The Hall–Kier alpha value is -2.72. The number of aromatic nitrogens is 1. The summed E-state index contributed by atoms with van der Waals surface area (Å²) in [6.07, 6.45) is 2.20. The Bertz CT molecular complexity index is 946. The van der Waals surface area contributed by atoms with Gasteiger partial charge in [-0.1, -0.05) is 42.5 Å². The fourth-order valence-electron chi connectivity index (χ4n) is 3.47. The van der Waals surface area contributed by atoms with Crippen LogP contribution in [-0.4, -0.2) is 30.1 Å². The number of benzene rings is 2. The summed E-state index contributed by atoms with van der Waals surface area (Å²) in [5.41, 5.74) is 4.50. The Morgan fingerprint density at radius 2 is 2.00 bits per heavy atom. The second-order valence-electron chi connectivity index (χ2n) is 6.73. The Labute approximate surface area is 153 Å². The molecule has 0 saturated carbocycles. The number of fused-ring (bicyclic) bond motifs is 1. The Kier molecular flexibility index (Phi) is 4.67. The molecule has 4 rings (SSSR count). The highest BCUT2D eigenvalue weighted by molar-refractivity contribution is 6.07. The predicted octanol–water partition coefficient (Wildman–Crippen LogP) is 4.12. The minimum absolute atomic E-state index is 0.0751. The lowest BCUT2D eigenvalue weighted by atomic mass is 10.0. The smallest absolute Gasteiger partial charge is 0.252 e. The molecule has 3 aromatic rings. The van der Waals surface area contributed by atoms with Gasteiger partial charge < -0.3 is 10.1 Å². The van der Waals surface area contributed by atoms with E-state index < -0.39 is 0 Å². The molecule has 1 aliphatic heterocycles. The Morgan fingerprint density at radius 1 is 1.19 bits per heavy atom. The van der Waals surface area contributed by atoms with Gasteiger partial charge in [0.25, 0.3) is 5.91 Å². The van der Waals surface area contributed by atoms with E-state index in [1.54, 1.807) is 0 Å². The van der Waals surface area contributed by atoms with E-state index in [0.717, 1.165) is 47.2 Å². The minimum Gasteiger partial charge on any atom is -0.376 e. The topological polar surface area (TPSA) is 51.2 Å². The third-order valence-electron chi connectivity index (χ3n) is 4.90. The normalized spacial score (nSPS) is 16.7. The summed E-state index contributed by atoms with van der Waals surface area (Å²) in [7, 11) is 0. The molecule has 1 aromatic heterocycles. The van der Waals surface area contributed by atoms with Crippen molar-refractivity contribution in [3.8, 4) is 11.3 Å². The third-order valence-corrected chi connectivity index (χ3v) is 4.90. The van der Waals surface area contributed by atoms with Crippen molar-refractivity contribution in [1.82, 2.24) is 10.3 Å². The van der Waals surface area contributed by atoms with Gasteiger partial charge in [-0.05, 0) is 37.5 Å². The van der Waals surface area contributed by atoms with Crippen LogP contribution in [-0.2, 0) is 4.74 Å². The van der Waals surface area contributed by atoms with Crippen LogP contribution in [0.2, 0.25) is 0 Å². The molecule has 1 aliphatic rings. The number of hydrogen-bond donors (Lipinski definition) is 1. The first-order valence-corrected chi connectivity index (χ1v) is 9.08. The maximum Gasteiger partial charge on any atom is 0.252 e. The first-order chi connectivity index (χ1) is 12.7. The quantitative estimate of drug-likeness (QED) is 0.773. The van der Waals surface area contributed by atoms with Crippen LogP contribution in [0.25, 0.3) is 22.2 Å². The van der Waals surface area contributed by atoms with E-state index in [2.05, 4.69) is 18.3 Å². The molecule has 1 fully saturated rings. The average Bonchev–Trinajstić information content (AvgIpc) is 3.19. The van der Waals surface area contributed by atoms with Gasteiger partial charge in [0.15, 0.2) is 0 Å². The maximum absolute atomic E-state index is 12.9. The second-order valence-corrected chi connectivity index (χ2v) is 6.73. The van der Waals surface area contributed by atoms with E-state index >= 15 is 0 Å². The molecule has 1 atom stereocenters. The standard InChI is InChI=1S/C22H22N2O2/c1-15-7-2-3-9-17(15)21-13-19(18-10-4-5-11-20(18)24-21)22(25)23-14-16-8-6-12-26-16/h2-5,7,9-11,13,16H,6,8,12,14H2,1H3,(H,23,25)/t16-/m0/s1. The van der Waals surface area contributed by atoms with Gasteiger partial charge >= 0.3 is 0 Å². The van der Waals surface area contributed by atoms with Crippen LogP contribution >= 0.6 is 0 Å². The zero-order valence-electron chi connectivity index (χ0n) is 14.9. The van der Waals surface area contributed by atoms with Crippen LogP contribution in [0.3, 0.4) is 0 Å². The van der Waals surface area contributed by atoms with Crippen LogP contribution in [0.1, 0.15) is 28.8 Å². The van der Waals surface area contributed by atoms with Gasteiger partial charge in [0.05, 0.1) is 22.9 Å². The monoisotopic (exact) mass is 346 g/mol. The molecule has 1 N–H and O–H groups in total. The molecule has 2 aromatic carbocycles. The van der Waals surface area contributed by atoms with Crippen molar-refractivity contribution in [3.63, 3.8) is 0 Å². The third kappa shape index (κ3) is 3.33. The number of para-hydroxylation sites is 1. The van der Waals surface area contributed by atoms with Crippen molar-refractivity contribution in [2.45, 2.75) is 25.9 Å². The number of carbonyl (C=O) groups excluding carboxylic acids is 1. The van der Waals surface area contributed by atoms with Gasteiger partial charge in [0.1, 0.15) is 0 Å². The first-order valence-electron chi connectivity index (χ1n) is 9.08. The second kappa shape index (κ2) is 7.26. The van der Waals surface area contributed by atoms with Gasteiger partial charge in [-0.15, -0.1) is 0 Å². The lowest BCUT2D eigenvalue weighted by Gasteiger charge is -2.14. The largest absolute Gasteiger partial charge is 0.376 e. The summed E-state index contributed by atoms with van der Waals surface area (Å²) in [5.74, 6) is -0.0751. The first kappa shape index (κ1) is 16.7. The van der Waals surface area contributed by atoms with Crippen molar-refractivity contribution < 1.29 is 9.53 Å². The van der Waals surface area contributed by atoms with Crippen molar-refractivity contribution >= 4 is 16.8 Å². The molecule has 4 nitrogen and oxygen atoms in total. The van der Waals surface area contributed by atoms with Crippen molar-refractivity contribution in [2.75, 3.05) is 13.2 Å². The Balaban J connectivity index is 1.72. The molecule has 2 heterocycles. The molecule has 0 unspecified atom stereocenters. The molecule has 0 aliphatic carbocycles. The zero-order chi connectivity index (χ0) is 17.9. The lowest BCUT2D eigenvalue weighted by molar-refractivity contribution is 0.0859. The highest BCUT2D eigenvalue weighted by Crippen LogP contribution is 2.27. The number of nitrogens with zero attached hydrogens (tertiary/aromatic N) is 1. The highest BCUT2D eigenvalue weighted by Gasteiger charge is 2.19. The van der Waals surface area contributed by atoms with Crippen LogP contribution in [0.15, 0.2) is 54.6 Å². The molecule has 4 heteroatoms. The van der Waals surface area contributed by atoms with E-state index in [1.807, 2.05) is 48.5 Å². The Morgan fingerprint density at radius 3 is 2.81 bits per heavy atom. The number of hydrogen-bond acceptors (Lipinski definition) is 3. The van der Waals surface area contributed by atoms with Gasteiger partial charge in [-0.25, -0.2) is 4.98 Å². The summed E-state index contributed by atoms with van der Waals surface area (Å²) in [4.78, 5) is 17.7. The molecule has 0 bridgehead atoms. The average molecular weight is 346 g/mol. The van der Waals surface area contributed by atoms with Gasteiger partial charge in [-0.2, -0.15) is 0 Å². The van der Waals surface area contributed by atoms with E-state index in [0.29, 0.717) is 12.1 Å². The molecular weight excluding hydrogens is 324 g/mol. The molecule has 1 saturated heterocycles. The number of rotatable bonds is 4. The molecule has 132 valence electrons. The summed E-state index contributed by atoms with van der Waals surface area (Å²) >= 11 is 0. The van der Waals surface area contributed by atoms with E-state index in [4.69, 9.17) is 9.72 Å². The SMILES string of the molecule is Cc1ccccc1-c1cc(C(=O)NC[C@@H]2CCCO2)c2ccccc2n1. The number of nitrogens with one attached hydrogen (secondary N) is 1. The molecular formula is C22H22N2O2. The molecule has 26 heavy (non-hydrogen) atoms. The number of carbonyl (C=O) groups is 1. The fraction of sp³-hybridized carbons (Fsp3) is 0.273. The number of ether oxygens (including phenoxy) is 1. The van der Waals surface area contributed by atoms with Gasteiger partial charge in [0, 0.05) is 24.1 Å². The van der Waals surface area contributed by atoms with Crippen molar-refractivity contribution in [1.29, 1.82) is 0 Å². The van der Waals surface area contributed by atoms with Crippen LogP contribution < -0.4 is 5.32 Å². The van der Waals surface area contributed by atoms with Crippen molar-refractivity contribution in [2.24, 2.45) is 0 Å². The van der Waals surface area contributed by atoms with Gasteiger partial charge in [-0.3, -0.25) is 4.79 Å². The summed E-state index contributed by atoms with van der Waals surface area (Å²) < 4.78 is 5.61. The van der Waals surface area contributed by atoms with Crippen LogP contribution in [0.5, 0.6) is 0 Å². The number of amides is 1. The predicted molar refractivity (Wildman–Crippen MR) is 103 cm³/mol. The minimum atomic E-state index is -0.0751. The maximum atomic E-state index is 12.9. The summed E-state index contributed by atoms with van der Waals surface area (Å²) in [6.45, 7) is 3.40. The number of aryl methyl sites for hydroxylation is 1. The lowest BCUT2D eigenvalue weighted by Crippen LogP contribution is -2.32. The van der Waals surface area contributed by atoms with Crippen LogP contribution in [0.4, 0.5) is 0 Å². The van der Waals surface area contributed by atoms with E-state index in [1.165, 1.54) is 0 Å². The molecule has 1 amide bonds. The molecule has 0 radical (unpaired) electrons. The van der Waals surface area contributed by atoms with Gasteiger partial charge in [0.2, 0.25) is 0 Å². The van der Waals surface area contributed by atoms with Crippen LogP contribution in [0, 0.1) is 6.92 Å². The summed E-state index contributed by atoms with van der Waals surface area (Å²) in [5, 5.41) is 3.90. The van der Waals surface area contributed by atoms with E-state index in [-0.39, 0.29) is 12.0 Å². The van der Waals surface area contributed by atoms with E-state index in [9.17, 15) is 4.79 Å². The summed E-state index contributed by atoms with van der Waals surface area (Å²) in [6, 6.07) is 17.8. The zero-order valence-corrected chi connectivity index (χ0v) is 14.9.